The van der Waals surface area contributed by atoms with Gasteiger partial charge in [0.05, 0.1) is 11.8 Å². The lowest BCUT2D eigenvalue weighted by molar-refractivity contribution is -0.140. The Morgan fingerprint density at radius 3 is 2.09 bits per heavy atom. The smallest absolute Gasteiger partial charge is 0.258 e. The summed E-state index contributed by atoms with van der Waals surface area (Å²) in [5.41, 5.74) is -1.62. The summed E-state index contributed by atoms with van der Waals surface area (Å²) in [5, 5.41) is 10.9. The van der Waals surface area contributed by atoms with Crippen molar-refractivity contribution in [1.82, 2.24) is 4.90 Å². The summed E-state index contributed by atoms with van der Waals surface area (Å²) >= 11 is 14.0. The number of hydrogen-bond donors (Lipinski definition) is 1. The highest BCUT2D eigenvalue weighted by atomic mass is 35.5. The van der Waals surface area contributed by atoms with Crippen LogP contribution in [0.2, 0.25) is 0 Å². The Labute approximate surface area is 250 Å². The molecule has 226 valence electrons. The third kappa shape index (κ3) is 3.59. The summed E-state index contributed by atoms with van der Waals surface area (Å²) in [6.45, 7) is 1.90. The van der Waals surface area contributed by atoms with Crippen LogP contribution in [-0.4, -0.2) is 49.9 Å². The van der Waals surface area contributed by atoms with E-state index >= 15 is 8.78 Å². The molecule has 3 fully saturated rings. The number of amides is 4. The Bertz CT molecular complexity index is 1660. The first-order chi connectivity index (χ1) is 20.2. The minimum Gasteiger partial charge on any atom is -0.508 e. The predicted molar refractivity (Wildman–Crippen MR) is 142 cm³/mol. The molecule has 0 radical (unpaired) electrons. The monoisotopic (exact) mass is 642 g/mol. The van der Waals surface area contributed by atoms with Crippen LogP contribution in [-0.2, 0) is 19.2 Å². The lowest BCUT2D eigenvalue weighted by Gasteiger charge is -2.50. The van der Waals surface area contributed by atoms with Crippen LogP contribution >= 0.6 is 23.2 Å². The highest BCUT2D eigenvalue weighted by Gasteiger charge is 2.77. The topological polar surface area (TPSA) is 95.0 Å². The molecule has 2 aromatic rings. The van der Waals surface area contributed by atoms with Crippen molar-refractivity contribution in [3.05, 3.63) is 70.6 Å². The van der Waals surface area contributed by atoms with E-state index in [-0.39, 0.29) is 29.0 Å². The molecule has 0 aromatic heterocycles. The second kappa shape index (κ2) is 9.75. The molecule has 14 heteroatoms. The average molecular weight is 643 g/mol. The normalized spacial score (nSPS) is 31.8. The zero-order valence-corrected chi connectivity index (χ0v) is 23.7. The average Bonchev–Trinajstić information content (AvgIpc) is 3.30. The fraction of sp³-hybridized carbons (Fsp3) is 0.379. The van der Waals surface area contributed by atoms with Gasteiger partial charge in [0.15, 0.2) is 33.0 Å². The molecule has 7 nitrogen and oxygen atoms in total. The van der Waals surface area contributed by atoms with E-state index in [0.29, 0.717) is 6.42 Å². The highest BCUT2D eigenvalue weighted by Crippen LogP contribution is 2.66. The second-order valence-electron chi connectivity index (χ2n) is 11.1. The van der Waals surface area contributed by atoms with Gasteiger partial charge >= 0.3 is 0 Å². The molecule has 2 aliphatic heterocycles. The van der Waals surface area contributed by atoms with Crippen LogP contribution in [0, 0.1) is 46.8 Å². The van der Waals surface area contributed by atoms with Crippen molar-refractivity contribution >= 4 is 52.5 Å². The van der Waals surface area contributed by atoms with Gasteiger partial charge < -0.3 is 5.11 Å². The number of alkyl halides is 2. The van der Waals surface area contributed by atoms with Crippen molar-refractivity contribution in [2.24, 2.45) is 17.8 Å². The van der Waals surface area contributed by atoms with Gasteiger partial charge in [0, 0.05) is 18.0 Å². The quantitative estimate of drug-likeness (QED) is 0.126. The van der Waals surface area contributed by atoms with E-state index in [4.69, 9.17) is 23.2 Å². The second-order valence-corrected chi connectivity index (χ2v) is 12.3. The molecular weight excluding hydrogens is 622 g/mol. The van der Waals surface area contributed by atoms with Crippen LogP contribution in [0.3, 0.4) is 0 Å². The molecule has 4 aliphatic rings. The summed E-state index contributed by atoms with van der Waals surface area (Å²) in [5.74, 6) is -21.2. The number of imide groups is 2. The van der Waals surface area contributed by atoms with Gasteiger partial charge in [-0.05, 0) is 31.2 Å². The molecule has 0 spiro atoms. The molecule has 0 bridgehead atoms. The molecule has 4 amide bonds. The van der Waals surface area contributed by atoms with Gasteiger partial charge in [-0.2, -0.15) is 0 Å². The van der Waals surface area contributed by atoms with Gasteiger partial charge in [0.1, 0.15) is 11.4 Å². The molecule has 2 aliphatic carbocycles. The van der Waals surface area contributed by atoms with Gasteiger partial charge in [-0.1, -0.05) is 36.8 Å². The maximum atomic E-state index is 15.0. The number of phenols is 1. The number of likely N-dealkylation sites (tertiary alicyclic amines) is 1. The van der Waals surface area contributed by atoms with Crippen molar-refractivity contribution in [1.29, 1.82) is 0 Å². The number of para-hydroxylation sites is 1. The third-order valence-corrected chi connectivity index (χ3v) is 10.4. The van der Waals surface area contributed by atoms with Gasteiger partial charge in [-0.15, -0.1) is 23.2 Å². The Morgan fingerprint density at radius 2 is 1.49 bits per heavy atom. The highest BCUT2D eigenvalue weighted by molar-refractivity contribution is 6.58. The zero-order chi connectivity index (χ0) is 31.3. The van der Waals surface area contributed by atoms with E-state index in [0.717, 1.165) is 4.90 Å². The van der Waals surface area contributed by atoms with Gasteiger partial charge in [0.25, 0.3) is 11.8 Å². The minimum atomic E-state index is -2.67. The molecule has 2 saturated heterocycles. The summed E-state index contributed by atoms with van der Waals surface area (Å²) in [6, 6.07) is 5.53. The fourth-order valence-corrected chi connectivity index (χ4v) is 8.08. The standard InChI is InChI=1S/C29H21Cl2F5N2O5/c1-2-9-37-24(40)13-8-7-11-14(16(13)25(37)41)10-28(30)26(42)38(23-21(35)19(33)18(32)20(34)22(23)36)27(43)29(28,31)17(11)12-5-3-4-6-15(12)39/h3-7,13-14,16-17,39H,2,8-10H2,1H3. The predicted octanol–water partition coefficient (Wildman–Crippen LogP) is 5.06. The molecule has 6 rings (SSSR count). The van der Waals surface area contributed by atoms with Crippen LogP contribution in [0.15, 0.2) is 35.9 Å². The number of carbonyl (C=O) groups is 4. The van der Waals surface area contributed by atoms with Crippen molar-refractivity contribution < 1.29 is 46.2 Å². The van der Waals surface area contributed by atoms with Crippen LogP contribution in [0.1, 0.15) is 37.7 Å². The summed E-state index contributed by atoms with van der Waals surface area (Å²) in [7, 11) is 0. The Kier molecular flexibility index (Phi) is 6.70. The number of allylic oxidation sites excluding steroid dienone is 2. The van der Waals surface area contributed by atoms with Gasteiger partial charge in [-0.25, -0.2) is 26.9 Å². The zero-order valence-electron chi connectivity index (χ0n) is 22.1. The Hall–Kier alpha value is -3.51. The van der Waals surface area contributed by atoms with Gasteiger partial charge in [-0.3, -0.25) is 24.1 Å². The number of hydrogen-bond acceptors (Lipinski definition) is 5. The summed E-state index contributed by atoms with van der Waals surface area (Å²) in [6.07, 6.45) is 1.49. The molecule has 1 N–H and O–H groups in total. The number of halogens is 7. The van der Waals surface area contributed by atoms with E-state index in [1.165, 1.54) is 24.3 Å². The van der Waals surface area contributed by atoms with Gasteiger partial charge in [0.2, 0.25) is 17.6 Å². The van der Waals surface area contributed by atoms with Crippen LogP contribution in [0.4, 0.5) is 27.6 Å². The van der Waals surface area contributed by atoms with Crippen molar-refractivity contribution in [3.8, 4) is 5.75 Å². The maximum absolute atomic E-state index is 15.0. The number of rotatable bonds is 4. The molecule has 2 aromatic carbocycles. The Balaban J connectivity index is 1.59. The van der Waals surface area contributed by atoms with E-state index in [1.54, 1.807) is 13.0 Å². The number of nitrogens with zero attached hydrogens (tertiary/aromatic N) is 2. The van der Waals surface area contributed by atoms with E-state index in [1.807, 2.05) is 0 Å². The third-order valence-electron chi connectivity index (χ3n) is 9.01. The first kappa shape index (κ1) is 29.6. The van der Waals surface area contributed by atoms with Crippen molar-refractivity contribution in [2.45, 2.75) is 41.9 Å². The first-order valence-electron chi connectivity index (χ1n) is 13.3. The number of phenolic OH excluding ortho intramolecular Hbond substituents is 1. The molecule has 6 atom stereocenters. The number of benzene rings is 2. The van der Waals surface area contributed by atoms with E-state index in [9.17, 15) is 37.5 Å². The van der Waals surface area contributed by atoms with Crippen molar-refractivity contribution in [3.63, 3.8) is 0 Å². The fourth-order valence-electron chi connectivity index (χ4n) is 7.15. The number of anilines is 1. The van der Waals surface area contributed by atoms with Crippen LogP contribution < -0.4 is 4.90 Å². The molecule has 2 heterocycles. The molecular formula is C29H21Cl2F5N2O5. The molecule has 6 unspecified atom stereocenters. The lowest BCUT2D eigenvalue weighted by Crippen LogP contribution is -2.60. The SMILES string of the molecule is CCCN1C(=O)C2CC=C3C(CC4(Cl)C(=O)N(c5c(F)c(F)c(F)c(F)c5F)C(=O)C4(Cl)C3c3ccccc3O)C2C1=O. The van der Waals surface area contributed by atoms with E-state index < -0.39 is 104 Å². The Morgan fingerprint density at radius 1 is 0.884 bits per heavy atom. The maximum Gasteiger partial charge on any atom is 0.258 e. The number of aromatic hydroxyl groups is 1. The summed E-state index contributed by atoms with van der Waals surface area (Å²) < 4.78 is 72.4. The van der Waals surface area contributed by atoms with Crippen LogP contribution in [0.25, 0.3) is 0 Å². The lowest BCUT2D eigenvalue weighted by atomic mass is 9.56. The molecule has 43 heavy (non-hydrogen) atoms. The van der Waals surface area contributed by atoms with Crippen molar-refractivity contribution in [2.75, 3.05) is 11.4 Å². The minimum absolute atomic E-state index is 0.0388. The number of carbonyl (C=O) groups excluding carboxylic acids is 4. The molecule has 1 saturated carbocycles. The van der Waals surface area contributed by atoms with Crippen LogP contribution in [0.5, 0.6) is 5.75 Å². The number of fused-ring (bicyclic) bond motifs is 4. The van der Waals surface area contributed by atoms with E-state index in [2.05, 4.69) is 0 Å². The first-order valence-corrected chi connectivity index (χ1v) is 14.1. The largest absolute Gasteiger partial charge is 0.508 e. The summed E-state index contributed by atoms with van der Waals surface area (Å²) in [4.78, 5) is 50.4.